The average molecular weight is 214 g/mol. The lowest BCUT2D eigenvalue weighted by molar-refractivity contribution is -0.118. The van der Waals surface area contributed by atoms with Crippen molar-refractivity contribution in [3.63, 3.8) is 0 Å². The van der Waals surface area contributed by atoms with Crippen molar-refractivity contribution in [1.29, 1.82) is 0 Å². The van der Waals surface area contributed by atoms with E-state index in [9.17, 15) is 4.79 Å². The van der Waals surface area contributed by atoms with E-state index in [1.807, 2.05) is 18.2 Å². The first-order chi connectivity index (χ1) is 6.29. The number of benzene rings is 1. The second-order valence-electron chi connectivity index (χ2n) is 3.16. The molecule has 1 rings (SSSR count). The lowest BCUT2D eigenvalue weighted by atomic mass is 10.1. The number of unbranched alkanes of at least 4 members (excludes halogenated alkanes) is 1. The standard InChI is InChI=1S/C11H15NO.ClH/c12-11(13)9-5-4-8-10-6-2-1-3-7-10;/h1-3,6-7H,4-5,8-9H2,(H2,12,13);1H. The Kier molecular flexibility index (Phi) is 6.85. The number of halogens is 1. The zero-order chi connectivity index (χ0) is 9.52. The van der Waals surface area contributed by atoms with Crippen LogP contribution in [0, 0.1) is 0 Å². The van der Waals surface area contributed by atoms with Crippen molar-refractivity contribution >= 4 is 18.3 Å². The molecule has 0 aromatic heterocycles. The molecule has 1 aromatic carbocycles. The van der Waals surface area contributed by atoms with E-state index >= 15 is 0 Å². The van der Waals surface area contributed by atoms with Gasteiger partial charge in [-0.2, -0.15) is 0 Å². The first kappa shape index (κ1) is 13.0. The van der Waals surface area contributed by atoms with Crippen LogP contribution in [0.25, 0.3) is 0 Å². The largest absolute Gasteiger partial charge is 0.370 e. The maximum Gasteiger partial charge on any atom is 0.217 e. The van der Waals surface area contributed by atoms with Gasteiger partial charge in [-0.1, -0.05) is 30.3 Å². The van der Waals surface area contributed by atoms with Crippen LogP contribution in [0.5, 0.6) is 0 Å². The number of nitrogens with two attached hydrogens (primary N) is 1. The van der Waals surface area contributed by atoms with E-state index in [1.54, 1.807) is 0 Å². The van der Waals surface area contributed by atoms with Crippen molar-refractivity contribution in [2.24, 2.45) is 5.73 Å². The van der Waals surface area contributed by atoms with Gasteiger partial charge in [0.2, 0.25) is 5.91 Å². The third kappa shape index (κ3) is 5.60. The molecule has 0 radical (unpaired) electrons. The summed E-state index contributed by atoms with van der Waals surface area (Å²) >= 11 is 0. The van der Waals surface area contributed by atoms with Gasteiger partial charge in [-0.3, -0.25) is 4.79 Å². The lowest BCUT2D eigenvalue weighted by Crippen LogP contribution is -2.09. The van der Waals surface area contributed by atoms with Crippen molar-refractivity contribution < 1.29 is 4.79 Å². The summed E-state index contributed by atoms with van der Waals surface area (Å²) in [6.45, 7) is 0. The number of hydrogen-bond acceptors (Lipinski definition) is 1. The van der Waals surface area contributed by atoms with Crippen LogP contribution >= 0.6 is 12.4 Å². The molecule has 1 aromatic rings. The van der Waals surface area contributed by atoms with E-state index in [4.69, 9.17) is 5.73 Å². The van der Waals surface area contributed by atoms with E-state index in [1.165, 1.54) is 5.56 Å². The average Bonchev–Trinajstić information content (AvgIpc) is 2.14. The molecule has 0 atom stereocenters. The molecule has 0 heterocycles. The highest BCUT2D eigenvalue weighted by molar-refractivity contribution is 5.85. The van der Waals surface area contributed by atoms with E-state index in [0.29, 0.717) is 6.42 Å². The number of amides is 1. The molecular formula is C11H16ClNO. The smallest absolute Gasteiger partial charge is 0.217 e. The fraction of sp³-hybridized carbons (Fsp3) is 0.364. The van der Waals surface area contributed by atoms with Crippen LogP contribution < -0.4 is 5.73 Å². The fourth-order valence-electron chi connectivity index (χ4n) is 1.27. The lowest BCUT2D eigenvalue weighted by Gasteiger charge is -1.99. The van der Waals surface area contributed by atoms with Gasteiger partial charge in [-0.25, -0.2) is 0 Å². The summed E-state index contributed by atoms with van der Waals surface area (Å²) in [7, 11) is 0. The van der Waals surface area contributed by atoms with Gasteiger partial charge in [-0.15, -0.1) is 12.4 Å². The number of rotatable bonds is 5. The predicted molar refractivity (Wildman–Crippen MR) is 60.4 cm³/mol. The number of aryl methyl sites for hydroxylation is 1. The Morgan fingerprint density at radius 2 is 1.79 bits per heavy atom. The zero-order valence-electron chi connectivity index (χ0n) is 8.11. The van der Waals surface area contributed by atoms with Crippen LogP contribution in [-0.4, -0.2) is 5.91 Å². The van der Waals surface area contributed by atoms with E-state index in [2.05, 4.69) is 12.1 Å². The van der Waals surface area contributed by atoms with Gasteiger partial charge in [0.15, 0.2) is 0 Å². The van der Waals surface area contributed by atoms with Crippen LogP contribution in [-0.2, 0) is 11.2 Å². The van der Waals surface area contributed by atoms with E-state index < -0.39 is 0 Å². The Bertz CT molecular complexity index is 261. The minimum absolute atomic E-state index is 0. The second-order valence-corrected chi connectivity index (χ2v) is 3.16. The minimum atomic E-state index is -0.201. The van der Waals surface area contributed by atoms with Crippen LogP contribution in [0.4, 0.5) is 0 Å². The van der Waals surface area contributed by atoms with Crippen LogP contribution in [0.1, 0.15) is 24.8 Å². The summed E-state index contributed by atoms with van der Waals surface area (Å²) in [5.41, 5.74) is 6.36. The Labute approximate surface area is 90.9 Å². The van der Waals surface area contributed by atoms with Crippen molar-refractivity contribution in [1.82, 2.24) is 0 Å². The molecule has 0 saturated carbocycles. The molecule has 0 saturated heterocycles. The molecule has 14 heavy (non-hydrogen) atoms. The summed E-state index contributed by atoms with van der Waals surface area (Å²) < 4.78 is 0. The number of carbonyl (C=O) groups is 1. The molecule has 0 fully saturated rings. The van der Waals surface area contributed by atoms with Crippen molar-refractivity contribution in [3.8, 4) is 0 Å². The first-order valence-electron chi connectivity index (χ1n) is 4.61. The monoisotopic (exact) mass is 213 g/mol. The van der Waals surface area contributed by atoms with Gasteiger partial charge in [0, 0.05) is 6.42 Å². The highest BCUT2D eigenvalue weighted by Gasteiger charge is 1.95. The van der Waals surface area contributed by atoms with Gasteiger partial charge in [0.25, 0.3) is 0 Å². The SMILES string of the molecule is Cl.NC(=O)CCCCc1ccccc1. The summed E-state index contributed by atoms with van der Waals surface area (Å²) in [5, 5.41) is 0. The van der Waals surface area contributed by atoms with Crippen LogP contribution in [0.15, 0.2) is 30.3 Å². The summed E-state index contributed by atoms with van der Waals surface area (Å²) in [6.07, 6.45) is 3.47. The fourth-order valence-corrected chi connectivity index (χ4v) is 1.27. The molecule has 0 bridgehead atoms. The van der Waals surface area contributed by atoms with Gasteiger partial charge in [0.05, 0.1) is 0 Å². The molecule has 2 nitrogen and oxygen atoms in total. The molecule has 3 heteroatoms. The van der Waals surface area contributed by atoms with Crippen molar-refractivity contribution in [3.05, 3.63) is 35.9 Å². The number of primary amides is 1. The third-order valence-electron chi connectivity index (χ3n) is 1.98. The zero-order valence-corrected chi connectivity index (χ0v) is 8.93. The van der Waals surface area contributed by atoms with Gasteiger partial charge in [-0.05, 0) is 24.8 Å². The second kappa shape index (κ2) is 7.39. The van der Waals surface area contributed by atoms with Crippen LogP contribution in [0.3, 0.4) is 0 Å². The molecular weight excluding hydrogens is 198 g/mol. The molecule has 0 aliphatic carbocycles. The minimum Gasteiger partial charge on any atom is -0.370 e. The third-order valence-corrected chi connectivity index (χ3v) is 1.98. The number of hydrogen-bond donors (Lipinski definition) is 1. The number of carbonyl (C=O) groups excluding carboxylic acids is 1. The van der Waals surface area contributed by atoms with Gasteiger partial charge >= 0.3 is 0 Å². The van der Waals surface area contributed by atoms with E-state index in [-0.39, 0.29) is 18.3 Å². The highest BCUT2D eigenvalue weighted by Crippen LogP contribution is 2.05. The van der Waals surface area contributed by atoms with Gasteiger partial charge in [0.1, 0.15) is 0 Å². The molecule has 1 amide bonds. The summed E-state index contributed by atoms with van der Waals surface area (Å²) in [5.74, 6) is -0.201. The molecule has 0 aliphatic heterocycles. The molecule has 0 unspecified atom stereocenters. The predicted octanol–water partition coefficient (Wildman–Crippen LogP) is 2.31. The molecule has 0 spiro atoms. The summed E-state index contributed by atoms with van der Waals surface area (Å²) in [6, 6.07) is 10.3. The first-order valence-corrected chi connectivity index (χ1v) is 4.61. The van der Waals surface area contributed by atoms with Crippen molar-refractivity contribution in [2.75, 3.05) is 0 Å². The Morgan fingerprint density at radius 3 is 2.36 bits per heavy atom. The topological polar surface area (TPSA) is 43.1 Å². The van der Waals surface area contributed by atoms with Gasteiger partial charge < -0.3 is 5.73 Å². The molecule has 0 aliphatic rings. The maximum atomic E-state index is 10.4. The summed E-state index contributed by atoms with van der Waals surface area (Å²) in [4.78, 5) is 10.4. The maximum absolute atomic E-state index is 10.4. The quantitative estimate of drug-likeness (QED) is 0.750. The van der Waals surface area contributed by atoms with Crippen LogP contribution in [0.2, 0.25) is 0 Å². The van der Waals surface area contributed by atoms with Crippen molar-refractivity contribution in [2.45, 2.75) is 25.7 Å². The van der Waals surface area contributed by atoms with E-state index in [0.717, 1.165) is 19.3 Å². The Hall–Kier alpha value is -1.02. The molecule has 78 valence electrons. The molecule has 2 N–H and O–H groups in total. The Balaban J connectivity index is 0.00000169. The highest BCUT2D eigenvalue weighted by atomic mass is 35.5. The Morgan fingerprint density at radius 1 is 1.14 bits per heavy atom. The normalized spacial score (nSPS) is 9.14.